The Kier molecular flexibility index (Phi) is 4.48. The highest BCUT2D eigenvalue weighted by atomic mass is 32.1. The third-order valence-corrected chi connectivity index (χ3v) is 4.58. The summed E-state index contributed by atoms with van der Waals surface area (Å²) < 4.78 is 2.22. The topological polar surface area (TPSA) is 46.9 Å². The number of amides is 1. The number of thiophene rings is 1. The SMILES string of the molecule is CC(C)Cn1c(C(C)NC(=O)c2cccs2)nc2ccccc21. The standard InChI is InChI=1S/C18H21N3OS/c1-12(2)11-21-15-8-5-4-7-14(15)20-17(21)13(3)19-18(22)16-9-6-10-23-16/h4-10,12-13H,11H2,1-3H3,(H,19,22). The summed E-state index contributed by atoms with van der Waals surface area (Å²) in [4.78, 5) is 17.8. The first-order valence-electron chi connectivity index (χ1n) is 7.85. The first-order chi connectivity index (χ1) is 11.1. The molecule has 1 aromatic carbocycles. The number of nitrogens with zero attached hydrogens (tertiary/aromatic N) is 2. The molecular weight excluding hydrogens is 306 g/mol. The maximum atomic E-state index is 12.3. The molecule has 1 unspecified atom stereocenters. The van der Waals surface area contributed by atoms with E-state index in [1.807, 2.05) is 42.6 Å². The lowest BCUT2D eigenvalue weighted by Crippen LogP contribution is -2.28. The monoisotopic (exact) mass is 327 g/mol. The maximum absolute atomic E-state index is 12.3. The summed E-state index contributed by atoms with van der Waals surface area (Å²) >= 11 is 1.45. The molecule has 0 saturated heterocycles. The molecular formula is C18H21N3OS. The van der Waals surface area contributed by atoms with Crippen LogP contribution in [0.3, 0.4) is 0 Å². The smallest absolute Gasteiger partial charge is 0.261 e. The molecule has 0 bridgehead atoms. The van der Waals surface area contributed by atoms with Gasteiger partial charge in [0.2, 0.25) is 0 Å². The Morgan fingerprint density at radius 3 is 2.70 bits per heavy atom. The predicted molar refractivity (Wildman–Crippen MR) is 94.8 cm³/mol. The van der Waals surface area contributed by atoms with Crippen LogP contribution in [0, 0.1) is 5.92 Å². The van der Waals surface area contributed by atoms with Crippen molar-refractivity contribution in [3.8, 4) is 0 Å². The number of nitrogens with one attached hydrogen (secondary N) is 1. The van der Waals surface area contributed by atoms with Crippen LogP contribution in [0.5, 0.6) is 0 Å². The van der Waals surface area contributed by atoms with Crippen molar-refractivity contribution < 1.29 is 4.79 Å². The summed E-state index contributed by atoms with van der Waals surface area (Å²) in [5, 5.41) is 4.97. The predicted octanol–water partition coefficient (Wildman–Crippen LogP) is 4.24. The van der Waals surface area contributed by atoms with Crippen molar-refractivity contribution in [3.05, 3.63) is 52.5 Å². The minimum Gasteiger partial charge on any atom is -0.342 e. The summed E-state index contributed by atoms with van der Waals surface area (Å²) in [6.07, 6.45) is 0. The Bertz CT molecular complexity index is 805. The van der Waals surface area contributed by atoms with Crippen LogP contribution in [-0.2, 0) is 6.54 Å². The molecule has 2 heterocycles. The Hall–Kier alpha value is -2.14. The largest absolute Gasteiger partial charge is 0.342 e. The summed E-state index contributed by atoms with van der Waals surface area (Å²) in [6.45, 7) is 7.25. The number of hydrogen-bond donors (Lipinski definition) is 1. The number of benzene rings is 1. The average molecular weight is 327 g/mol. The molecule has 120 valence electrons. The lowest BCUT2D eigenvalue weighted by molar-refractivity contribution is 0.0941. The van der Waals surface area contributed by atoms with E-state index in [1.54, 1.807) is 0 Å². The Morgan fingerprint density at radius 1 is 1.22 bits per heavy atom. The number of carbonyl (C=O) groups excluding carboxylic acids is 1. The van der Waals surface area contributed by atoms with Crippen LogP contribution in [0.4, 0.5) is 0 Å². The van der Waals surface area contributed by atoms with Crippen LogP contribution in [0.15, 0.2) is 41.8 Å². The highest BCUT2D eigenvalue weighted by molar-refractivity contribution is 7.12. The van der Waals surface area contributed by atoms with E-state index in [4.69, 9.17) is 4.98 Å². The molecule has 3 aromatic rings. The second kappa shape index (κ2) is 6.54. The minimum atomic E-state index is -0.143. The van der Waals surface area contributed by atoms with E-state index in [9.17, 15) is 4.79 Å². The number of carbonyl (C=O) groups is 1. The third-order valence-electron chi connectivity index (χ3n) is 3.71. The summed E-state index contributed by atoms with van der Waals surface area (Å²) in [5.74, 6) is 1.37. The van der Waals surface area contributed by atoms with Crippen molar-refractivity contribution in [2.75, 3.05) is 0 Å². The van der Waals surface area contributed by atoms with E-state index in [0.717, 1.165) is 28.3 Å². The highest BCUT2D eigenvalue weighted by Crippen LogP contribution is 2.22. The van der Waals surface area contributed by atoms with Gasteiger partial charge in [-0.05, 0) is 36.4 Å². The lowest BCUT2D eigenvalue weighted by atomic mass is 10.2. The van der Waals surface area contributed by atoms with E-state index in [2.05, 4.69) is 29.8 Å². The molecule has 0 spiro atoms. The molecule has 0 radical (unpaired) electrons. The molecule has 0 aliphatic rings. The van der Waals surface area contributed by atoms with Gasteiger partial charge in [-0.1, -0.05) is 32.0 Å². The van der Waals surface area contributed by atoms with Crippen molar-refractivity contribution >= 4 is 28.3 Å². The number of imidazole rings is 1. The minimum absolute atomic E-state index is 0.0457. The van der Waals surface area contributed by atoms with Crippen LogP contribution in [0.25, 0.3) is 11.0 Å². The summed E-state index contributed by atoms with van der Waals surface area (Å²) in [6, 6.07) is 11.7. The number of fused-ring (bicyclic) bond motifs is 1. The van der Waals surface area contributed by atoms with E-state index in [0.29, 0.717) is 5.92 Å². The van der Waals surface area contributed by atoms with Crippen molar-refractivity contribution in [2.24, 2.45) is 5.92 Å². The quantitative estimate of drug-likeness (QED) is 0.761. The Morgan fingerprint density at radius 2 is 2.00 bits per heavy atom. The van der Waals surface area contributed by atoms with Crippen molar-refractivity contribution in [2.45, 2.75) is 33.4 Å². The zero-order valence-electron chi connectivity index (χ0n) is 13.6. The molecule has 1 atom stereocenters. The van der Waals surface area contributed by atoms with Gasteiger partial charge >= 0.3 is 0 Å². The number of rotatable bonds is 5. The first-order valence-corrected chi connectivity index (χ1v) is 8.73. The molecule has 23 heavy (non-hydrogen) atoms. The van der Waals surface area contributed by atoms with Gasteiger partial charge in [0, 0.05) is 6.54 Å². The van der Waals surface area contributed by atoms with Crippen molar-refractivity contribution in [3.63, 3.8) is 0 Å². The molecule has 1 amide bonds. The van der Waals surface area contributed by atoms with Crippen LogP contribution in [0.2, 0.25) is 0 Å². The van der Waals surface area contributed by atoms with E-state index >= 15 is 0 Å². The first kappa shape index (κ1) is 15.7. The fourth-order valence-electron chi connectivity index (χ4n) is 2.72. The molecule has 0 aliphatic carbocycles. The third kappa shape index (κ3) is 3.29. The fraction of sp³-hybridized carbons (Fsp3) is 0.333. The van der Waals surface area contributed by atoms with E-state index in [1.165, 1.54) is 11.3 Å². The summed E-state index contributed by atoms with van der Waals surface area (Å²) in [5.41, 5.74) is 2.09. The van der Waals surface area contributed by atoms with Gasteiger partial charge in [-0.25, -0.2) is 4.98 Å². The van der Waals surface area contributed by atoms with E-state index < -0.39 is 0 Å². The molecule has 2 aromatic heterocycles. The maximum Gasteiger partial charge on any atom is 0.261 e. The molecule has 5 heteroatoms. The highest BCUT2D eigenvalue weighted by Gasteiger charge is 2.19. The van der Waals surface area contributed by atoms with Gasteiger partial charge in [-0.15, -0.1) is 11.3 Å². The Balaban J connectivity index is 1.92. The van der Waals surface area contributed by atoms with Crippen LogP contribution in [-0.4, -0.2) is 15.5 Å². The van der Waals surface area contributed by atoms with Gasteiger partial charge in [0.1, 0.15) is 5.82 Å². The number of para-hydroxylation sites is 2. The average Bonchev–Trinajstić information content (AvgIpc) is 3.15. The van der Waals surface area contributed by atoms with Crippen molar-refractivity contribution in [1.82, 2.24) is 14.9 Å². The van der Waals surface area contributed by atoms with Gasteiger partial charge in [0.25, 0.3) is 5.91 Å². The molecule has 0 aliphatic heterocycles. The van der Waals surface area contributed by atoms with Gasteiger partial charge < -0.3 is 9.88 Å². The van der Waals surface area contributed by atoms with Crippen LogP contribution in [0.1, 0.15) is 42.3 Å². The van der Waals surface area contributed by atoms with Gasteiger partial charge in [0.05, 0.1) is 22.0 Å². The molecule has 4 nitrogen and oxygen atoms in total. The lowest BCUT2D eigenvalue weighted by Gasteiger charge is -2.17. The van der Waals surface area contributed by atoms with Gasteiger partial charge in [-0.3, -0.25) is 4.79 Å². The summed E-state index contributed by atoms with van der Waals surface area (Å²) in [7, 11) is 0. The van der Waals surface area contributed by atoms with Crippen LogP contribution >= 0.6 is 11.3 Å². The second-order valence-electron chi connectivity index (χ2n) is 6.14. The molecule has 1 N–H and O–H groups in total. The van der Waals surface area contributed by atoms with Gasteiger partial charge in [0.15, 0.2) is 0 Å². The second-order valence-corrected chi connectivity index (χ2v) is 7.08. The number of aromatic nitrogens is 2. The van der Waals surface area contributed by atoms with E-state index in [-0.39, 0.29) is 11.9 Å². The Labute approximate surface area is 140 Å². The number of hydrogen-bond acceptors (Lipinski definition) is 3. The zero-order valence-corrected chi connectivity index (χ0v) is 14.4. The zero-order chi connectivity index (χ0) is 16.4. The fourth-order valence-corrected chi connectivity index (χ4v) is 3.35. The molecule has 0 fully saturated rings. The normalized spacial score (nSPS) is 12.7. The van der Waals surface area contributed by atoms with Gasteiger partial charge in [-0.2, -0.15) is 0 Å². The van der Waals surface area contributed by atoms with Crippen molar-refractivity contribution in [1.29, 1.82) is 0 Å². The van der Waals surface area contributed by atoms with Crippen LogP contribution < -0.4 is 5.32 Å². The molecule has 0 saturated carbocycles. The molecule has 3 rings (SSSR count).